The van der Waals surface area contributed by atoms with Crippen molar-refractivity contribution in [1.82, 2.24) is 23.9 Å². The molecule has 34 heavy (non-hydrogen) atoms. The molecule has 1 atom stereocenters. The molecule has 180 valence electrons. The average Bonchev–Trinajstić information content (AvgIpc) is 3.09. The van der Waals surface area contributed by atoms with Crippen molar-refractivity contribution >= 4 is 29.3 Å². The molecule has 0 aliphatic carbocycles. The molecule has 9 heteroatoms. The predicted octanol–water partition coefficient (Wildman–Crippen LogP) is 3.98. The molecule has 0 spiro atoms. The number of pyridine rings is 1. The number of hydrogen-bond acceptors (Lipinski definition) is 5. The number of carbonyl (C=O) groups excluding carboxylic acids is 1. The summed E-state index contributed by atoms with van der Waals surface area (Å²) in [6.07, 6.45) is 4.56. The van der Waals surface area contributed by atoms with Gasteiger partial charge in [0.2, 0.25) is 0 Å². The fourth-order valence-corrected chi connectivity index (χ4v) is 4.24. The zero-order valence-corrected chi connectivity index (χ0v) is 20.4. The SMILES string of the molecule is CN(C)C=Nc1nccc2c1n(-c1ccccc1)c(=O)n2[C@@H]1CCCN(C(=O)OC(C)(C)C)C1. The summed E-state index contributed by atoms with van der Waals surface area (Å²) in [5, 5.41) is 0. The predicted molar refractivity (Wildman–Crippen MR) is 133 cm³/mol. The Morgan fingerprint density at radius 2 is 1.94 bits per heavy atom. The third kappa shape index (κ3) is 4.83. The summed E-state index contributed by atoms with van der Waals surface area (Å²) in [5.74, 6) is 0.464. The number of carbonyl (C=O) groups is 1. The van der Waals surface area contributed by atoms with Crippen LogP contribution in [0.15, 0.2) is 52.4 Å². The molecular weight excluding hydrogens is 432 g/mol. The summed E-state index contributed by atoms with van der Waals surface area (Å²) >= 11 is 0. The molecule has 0 saturated carbocycles. The molecule has 0 radical (unpaired) electrons. The normalized spacial score (nSPS) is 16.9. The molecule has 1 aliphatic rings. The molecular formula is C25H32N6O3. The van der Waals surface area contributed by atoms with E-state index in [9.17, 15) is 9.59 Å². The van der Waals surface area contributed by atoms with E-state index < -0.39 is 5.60 Å². The Labute approximate surface area is 199 Å². The Bertz CT molecular complexity index is 1250. The van der Waals surface area contributed by atoms with E-state index in [1.807, 2.05) is 76.2 Å². The first kappa shape index (κ1) is 23.5. The highest BCUT2D eigenvalue weighted by Crippen LogP contribution is 2.30. The van der Waals surface area contributed by atoms with Gasteiger partial charge >= 0.3 is 11.8 Å². The Morgan fingerprint density at radius 1 is 1.21 bits per heavy atom. The van der Waals surface area contributed by atoms with E-state index in [0.717, 1.165) is 24.0 Å². The number of aromatic nitrogens is 3. The van der Waals surface area contributed by atoms with Gasteiger partial charge in [0, 0.05) is 33.4 Å². The Hall–Kier alpha value is -3.62. The van der Waals surface area contributed by atoms with Gasteiger partial charge in [-0.1, -0.05) is 18.2 Å². The smallest absolute Gasteiger partial charge is 0.410 e. The van der Waals surface area contributed by atoms with Crippen LogP contribution in [-0.2, 0) is 4.74 Å². The third-order valence-corrected chi connectivity index (χ3v) is 5.60. The van der Waals surface area contributed by atoms with Crippen LogP contribution >= 0.6 is 0 Å². The van der Waals surface area contributed by atoms with E-state index >= 15 is 0 Å². The number of aliphatic imine (C=N–C) groups is 1. The van der Waals surface area contributed by atoms with E-state index in [1.165, 1.54) is 0 Å². The van der Waals surface area contributed by atoms with Crippen molar-refractivity contribution in [2.75, 3.05) is 27.2 Å². The topological polar surface area (TPSA) is 85.0 Å². The highest BCUT2D eigenvalue weighted by Gasteiger charge is 2.31. The molecule has 2 aromatic heterocycles. The number of amides is 1. The lowest BCUT2D eigenvalue weighted by atomic mass is 10.1. The summed E-state index contributed by atoms with van der Waals surface area (Å²) < 4.78 is 9.04. The van der Waals surface area contributed by atoms with Gasteiger partial charge < -0.3 is 14.5 Å². The number of rotatable bonds is 4. The van der Waals surface area contributed by atoms with Crippen LogP contribution in [0.4, 0.5) is 10.6 Å². The molecule has 4 rings (SSSR count). The van der Waals surface area contributed by atoms with Gasteiger partial charge in [-0.25, -0.2) is 19.6 Å². The molecule has 0 unspecified atom stereocenters. The summed E-state index contributed by atoms with van der Waals surface area (Å²) in [6.45, 7) is 6.58. The molecule has 1 fully saturated rings. The standard InChI is InChI=1S/C25H32N6O3/c1-25(2,3)34-24(33)29-15-9-12-19(16-29)30-20-13-14-26-22(27-17-28(4)5)21(20)31(23(30)32)18-10-7-6-8-11-18/h6-8,10-11,13-14,17,19H,9,12,15-16H2,1-5H3/t19-/m1/s1. The number of para-hydroxylation sites is 1. The van der Waals surface area contributed by atoms with E-state index in [0.29, 0.717) is 24.4 Å². The van der Waals surface area contributed by atoms with Gasteiger partial charge in [0.25, 0.3) is 0 Å². The van der Waals surface area contributed by atoms with Crippen molar-refractivity contribution in [3.8, 4) is 5.69 Å². The minimum atomic E-state index is -0.574. The maximum Gasteiger partial charge on any atom is 0.410 e. The van der Waals surface area contributed by atoms with Crippen LogP contribution < -0.4 is 5.69 Å². The minimum Gasteiger partial charge on any atom is -0.444 e. The molecule has 1 aliphatic heterocycles. The second kappa shape index (κ2) is 9.32. The quantitative estimate of drug-likeness (QED) is 0.431. The maximum atomic E-state index is 13.9. The Balaban J connectivity index is 1.84. The molecule has 1 saturated heterocycles. The summed E-state index contributed by atoms with van der Waals surface area (Å²) in [4.78, 5) is 39.2. The van der Waals surface area contributed by atoms with Crippen LogP contribution in [-0.4, -0.2) is 69.1 Å². The lowest BCUT2D eigenvalue weighted by Gasteiger charge is -2.34. The number of benzene rings is 1. The number of fused-ring (bicyclic) bond motifs is 1. The second-order valence-corrected chi connectivity index (χ2v) is 9.76. The summed E-state index contributed by atoms with van der Waals surface area (Å²) in [6, 6.07) is 11.2. The van der Waals surface area contributed by atoms with Gasteiger partial charge in [0.1, 0.15) is 11.1 Å². The van der Waals surface area contributed by atoms with E-state index in [2.05, 4.69) is 9.98 Å². The highest BCUT2D eigenvalue weighted by molar-refractivity contribution is 5.88. The number of piperidine rings is 1. The molecule has 1 amide bonds. The number of likely N-dealkylation sites (tertiary alicyclic amines) is 1. The zero-order chi connectivity index (χ0) is 24.5. The fourth-order valence-electron chi connectivity index (χ4n) is 4.24. The summed E-state index contributed by atoms with van der Waals surface area (Å²) in [5.41, 5.74) is 1.38. The first-order valence-electron chi connectivity index (χ1n) is 11.5. The Morgan fingerprint density at radius 3 is 2.62 bits per heavy atom. The molecule has 9 nitrogen and oxygen atoms in total. The van der Waals surface area contributed by atoms with Gasteiger partial charge in [0.15, 0.2) is 5.82 Å². The largest absolute Gasteiger partial charge is 0.444 e. The van der Waals surface area contributed by atoms with Crippen molar-refractivity contribution in [2.45, 2.75) is 45.3 Å². The van der Waals surface area contributed by atoms with Crippen molar-refractivity contribution in [2.24, 2.45) is 4.99 Å². The first-order valence-corrected chi connectivity index (χ1v) is 11.5. The van der Waals surface area contributed by atoms with E-state index in [4.69, 9.17) is 4.74 Å². The number of hydrogen-bond donors (Lipinski definition) is 0. The van der Waals surface area contributed by atoms with Gasteiger partial charge in [0.05, 0.1) is 23.6 Å². The van der Waals surface area contributed by atoms with Gasteiger partial charge in [-0.15, -0.1) is 0 Å². The van der Waals surface area contributed by atoms with Gasteiger partial charge in [-0.05, 0) is 51.8 Å². The molecule has 3 aromatic rings. The minimum absolute atomic E-state index is 0.174. The number of ether oxygens (including phenoxy) is 1. The molecule has 3 heterocycles. The van der Waals surface area contributed by atoms with Gasteiger partial charge in [-0.2, -0.15) is 0 Å². The maximum absolute atomic E-state index is 13.9. The lowest BCUT2D eigenvalue weighted by molar-refractivity contribution is 0.0173. The van der Waals surface area contributed by atoms with Crippen molar-refractivity contribution < 1.29 is 9.53 Å². The number of imidazole rings is 1. The van der Waals surface area contributed by atoms with Crippen molar-refractivity contribution in [3.63, 3.8) is 0 Å². The monoisotopic (exact) mass is 464 g/mol. The number of nitrogens with zero attached hydrogens (tertiary/aromatic N) is 6. The highest BCUT2D eigenvalue weighted by atomic mass is 16.6. The van der Waals surface area contributed by atoms with Crippen molar-refractivity contribution in [1.29, 1.82) is 0 Å². The fraction of sp³-hybridized carbons (Fsp3) is 0.440. The van der Waals surface area contributed by atoms with Crippen LogP contribution in [0.5, 0.6) is 0 Å². The Kier molecular flexibility index (Phi) is 6.45. The molecule has 0 bridgehead atoms. The first-order chi connectivity index (χ1) is 16.2. The van der Waals surface area contributed by atoms with Crippen LogP contribution in [0.25, 0.3) is 16.7 Å². The lowest BCUT2D eigenvalue weighted by Crippen LogP contribution is -2.45. The van der Waals surface area contributed by atoms with E-state index in [-0.39, 0.29) is 17.8 Å². The third-order valence-electron chi connectivity index (χ3n) is 5.60. The molecule has 0 N–H and O–H groups in total. The van der Waals surface area contributed by atoms with Crippen LogP contribution in [0.1, 0.15) is 39.7 Å². The van der Waals surface area contributed by atoms with Crippen LogP contribution in [0.3, 0.4) is 0 Å². The zero-order valence-electron chi connectivity index (χ0n) is 20.4. The van der Waals surface area contributed by atoms with Gasteiger partial charge in [-0.3, -0.25) is 9.13 Å². The van der Waals surface area contributed by atoms with E-state index in [1.54, 1.807) is 26.6 Å². The molecule has 1 aromatic carbocycles. The average molecular weight is 465 g/mol. The van der Waals surface area contributed by atoms with Crippen LogP contribution in [0.2, 0.25) is 0 Å². The van der Waals surface area contributed by atoms with Crippen molar-refractivity contribution in [3.05, 3.63) is 53.1 Å². The van der Waals surface area contributed by atoms with Crippen LogP contribution in [0, 0.1) is 0 Å². The summed E-state index contributed by atoms with van der Waals surface area (Å²) in [7, 11) is 3.76. The second-order valence-electron chi connectivity index (χ2n) is 9.76.